The first kappa shape index (κ1) is 14.7. The summed E-state index contributed by atoms with van der Waals surface area (Å²) in [6.45, 7) is 5.67. The molecule has 2 rings (SSSR count). The number of aryl methyl sites for hydroxylation is 2. The molecule has 106 valence electrons. The number of methoxy groups -OCH3 is 1. The van der Waals surface area contributed by atoms with Gasteiger partial charge in [-0.25, -0.2) is 4.98 Å². The van der Waals surface area contributed by atoms with Gasteiger partial charge in [0, 0.05) is 10.9 Å². The van der Waals surface area contributed by atoms with Crippen LogP contribution in [0.2, 0.25) is 0 Å². The summed E-state index contributed by atoms with van der Waals surface area (Å²) >= 11 is 1.42. The topological polar surface area (TPSA) is 65.2 Å². The van der Waals surface area contributed by atoms with E-state index in [0.29, 0.717) is 11.3 Å². The summed E-state index contributed by atoms with van der Waals surface area (Å²) in [6.07, 6.45) is 0. The first-order chi connectivity index (χ1) is 9.43. The molecular formula is C15H18N2O2S. The van der Waals surface area contributed by atoms with Crippen molar-refractivity contribution in [2.75, 3.05) is 7.11 Å². The summed E-state index contributed by atoms with van der Waals surface area (Å²) in [6, 6.07) is 3.57. The van der Waals surface area contributed by atoms with Crippen LogP contribution < -0.4 is 10.5 Å². The SMILES string of the molecule is COc1cc(C)c(C(=O)c2csc(C(C)N)n2)cc1C. The number of carbonyl (C=O) groups is 1. The third kappa shape index (κ3) is 2.73. The largest absolute Gasteiger partial charge is 0.496 e. The van der Waals surface area contributed by atoms with E-state index in [-0.39, 0.29) is 11.8 Å². The van der Waals surface area contributed by atoms with Crippen molar-refractivity contribution >= 4 is 17.1 Å². The van der Waals surface area contributed by atoms with Gasteiger partial charge in [-0.05, 0) is 44.0 Å². The van der Waals surface area contributed by atoms with Crippen LogP contribution in [0.25, 0.3) is 0 Å². The second-order valence-corrected chi connectivity index (χ2v) is 5.72. The molecule has 0 saturated heterocycles. The molecule has 1 heterocycles. The number of ketones is 1. The minimum absolute atomic E-state index is 0.0728. The highest BCUT2D eigenvalue weighted by Crippen LogP contribution is 2.25. The molecule has 0 amide bonds. The number of benzene rings is 1. The molecule has 1 aromatic carbocycles. The Morgan fingerprint density at radius 2 is 2.05 bits per heavy atom. The van der Waals surface area contributed by atoms with Gasteiger partial charge in [0.25, 0.3) is 0 Å². The Balaban J connectivity index is 2.40. The maximum absolute atomic E-state index is 12.5. The van der Waals surface area contributed by atoms with Crippen molar-refractivity contribution in [3.8, 4) is 5.75 Å². The lowest BCUT2D eigenvalue weighted by Crippen LogP contribution is -2.08. The van der Waals surface area contributed by atoms with Gasteiger partial charge < -0.3 is 10.5 Å². The lowest BCUT2D eigenvalue weighted by atomic mass is 10.00. The van der Waals surface area contributed by atoms with Crippen molar-refractivity contribution in [1.82, 2.24) is 4.98 Å². The Morgan fingerprint density at radius 1 is 1.35 bits per heavy atom. The third-order valence-corrected chi connectivity index (χ3v) is 4.18. The van der Waals surface area contributed by atoms with Crippen molar-refractivity contribution in [2.24, 2.45) is 5.73 Å². The van der Waals surface area contributed by atoms with Crippen LogP contribution in [0.5, 0.6) is 5.75 Å². The Morgan fingerprint density at radius 3 is 2.60 bits per heavy atom. The Bertz CT molecular complexity index is 647. The Hall–Kier alpha value is -1.72. The fourth-order valence-electron chi connectivity index (χ4n) is 1.99. The molecule has 0 aliphatic heterocycles. The molecule has 1 atom stereocenters. The predicted octanol–water partition coefficient (Wildman–Crippen LogP) is 3.02. The Labute approximate surface area is 122 Å². The van der Waals surface area contributed by atoms with Crippen LogP contribution >= 0.6 is 11.3 Å². The second kappa shape index (κ2) is 5.73. The van der Waals surface area contributed by atoms with E-state index in [4.69, 9.17) is 10.5 Å². The average molecular weight is 290 g/mol. The van der Waals surface area contributed by atoms with E-state index in [1.807, 2.05) is 32.9 Å². The molecule has 0 saturated carbocycles. The molecule has 20 heavy (non-hydrogen) atoms. The minimum Gasteiger partial charge on any atom is -0.496 e. The Kier molecular flexibility index (Phi) is 4.20. The number of thiazole rings is 1. The molecule has 0 bridgehead atoms. The number of nitrogens with two attached hydrogens (primary N) is 1. The fraction of sp³-hybridized carbons (Fsp3) is 0.333. The molecule has 0 spiro atoms. The molecule has 0 aliphatic carbocycles. The van der Waals surface area contributed by atoms with Crippen LogP contribution in [0.3, 0.4) is 0 Å². The van der Waals surface area contributed by atoms with Crippen LogP contribution in [0.15, 0.2) is 17.5 Å². The highest BCUT2D eigenvalue weighted by Gasteiger charge is 2.18. The van der Waals surface area contributed by atoms with Gasteiger partial charge >= 0.3 is 0 Å². The molecule has 2 aromatic rings. The van der Waals surface area contributed by atoms with E-state index in [1.54, 1.807) is 12.5 Å². The van der Waals surface area contributed by atoms with Gasteiger partial charge in [-0.15, -0.1) is 11.3 Å². The summed E-state index contributed by atoms with van der Waals surface area (Å²) in [7, 11) is 1.62. The molecule has 0 fully saturated rings. The summed E-state index contributed by atoms with van der Waals surface area (Å²) in [5.74, 6) is 0.713. The van der Waals surface area contributed by atoms with Gasteiger partial charge in [-0.2, -0.15) is 0 Å². The van der Waals surface area contributed by atoms with Gasteiger partial charge in [-0.1, -0.05) is 0 Å². The minimum atomic E-state index is -0.153. The highest BCUT2D eigenvalue weighted by molar-refractivity contribution is 7.09. The van der Waals surface area contributed by atoms with Crippen LogP contribution in [0, 0.1) is 13.8 Å². The zero-order valence-corrected chi connectivity index (χ0v) is 12.9. The lowest BCUT2D eigenvalue weighted by Gasteiger charge is -2.09. The molecule has 2 N–H and O–H groups in total. The molecule has 1 unspecified atom stereocenters. The number of aromatic nitrogens is 1. The van der Waals surface area contributed by atoms with Crippen molar-refractivity contribution in [3.63, 3.8) is 0 Å². The number of hydrogen-bond acceptors (Lipinski definition) is 5. The zero-order valence-electron chi connectivity index (χ0n) is 12.1. The van der Waals surface area contributed by atoms with Gasteiger partial charge in [-0.3, -0.25) is 4.79 Å². The maximum atomic E-state index is 12.5. The summed E-state index contributed by atoms with van der Waals surface area (Å²) in [4.78, 5) is 16.8. The molecular weight excluding hydrogens is 272 g/mol. The summed E-state index contributed by atoms with van der Waals surface area (Å²) in [5.41, 5.74) is 8.71. The van der Waals surface area contributed by atoms with E-state index < -0.39 is 0 Å². The average Bonchev–Trinajstić information content (AvgIpc) is 2.90. The van der Waals surface area contributed by atoms with E-state index in [0.717, 1.165) is 21.9 Å². The quantitative estimate of drug-likeness (QED) is 0.879. The lowest BCUT2D eigenvalue weighted by molar-refractivity contribution is 0.103. The summed E-state index contributed by atoms with van der Waals surface area (Å²) < 4.78 is 5.26. The van der Waals surface area contributed by atoms with Crippen LogP contribution in [-0.2, 0) is 0 Å². The molecule has 1 aromatic heterocycles. The first-order valence-electron chi connectivity index (χ1n) is 6.35. The van der Waals surface area contributed by atoms with Crippen LogP contribution in [0.1, 0.15) is 45.2 Å². The maximum Gasteiger partial charge on any atom is 0.212 e. The number of nitrogens with zero attached hydrogens (tertiary/aromatic N) is 1. The van der Waals surface area contributed by atoms with Gasteiger partial charge in [0.1, 0.15) is 16.5 Å². The van der Waals surface area contributed by atoms with Gasteiger partial charge in [0.2, 0.25) is 5.78 Å². The number of ether oxygens (including phenoxy) is 1. The van der Waals surface area contributed by atoms with E-state index in [1.165, 1.54) is 11.3 Å². The monoisotopic (exact) mass is 290 g/mol. The number of rotatable bonds is 4. The van der Waals surface area contributed by atoms with E-state index >= 15 is 0 Å². The van der Waals surface area contributed by atoms with Crippen molar-refractivity contribution in [3.05, 3.63) is 44.9 Å². The predicted molar refractivity (Wildman–Crippen MR) is 80.6 cm³/mol. The number of hydrogen-bond donors (Lipinski definition) is 1. The normalized spacial score (nSPS) is 12.2. The van der Waals surface area contributed by atoms with Crippen molar-refractivity contribution < 1.29 is 9.53 Å². The van der Waals surface area contributed by atoms with E-state index in [2.05, 4.69) is 4.98 Å². The standard InChI is InChI=1S/C15H18N2O2S/c1-8-6-13(19-4)9(2)5-11(8)14(18)12-7-20-15(17-12)10(3)16/h5-7,10H,16H2,1-4H3. The van der Waals surface area contributed by atoms with Gasteiger partial charge in [0.15, 0.2) is 0 Å². The molecule has 0 aliphatic rings. The second-order valence-electron chi connectivity index (χ2n) is 4.83. The van der Waals surface area contributed by atoms with Crippen molar-refractivity contribution in [2.45, 2.75) is 26.8 Å². The smallest absolute Gasteiger partial charge is 0.212 e. The van der Waals surface area contributed by atoms with Crippen molar-refractivity contribution in [1.29, 1.82) is 0 Å². The third-order valence-electron chi connectivity index (χ3n) is 3.13. The molecule has 4 nitrogen and oxygen atoms in total. The molecule has 5 heteroatoms. The highest BCUT2D eigenvalue weighted by atomic mass is 32.1. The first-order valence-corrected chi connectivity index (χ1v) is 7.23. The fourth-order valence-corrected chi connectivity index (χ4v) is 2.75. The molecule has 0 radical (unpaired) electrons. The van der Waals surface area contributed by atoms with Crippen LogP contribution in [-0.4, -0.2) is 17.9 Å². The van der Waals surface area contributed by atoms with E-state index in [9.17, 15) is 4.79 Å². The van der Waals surface area contributed by atoms with Crippen LogP contribution in [0.4, 0.5) is 0 Å². The number of carbonyl (C=O) groups excluding carboxylic acids is 1. The zero-order chi connectivity index (χ0) is 14.9. The summed E-state index contributed by atoms with van der Waals surface area (Å²) in [5, 5.41) is 2.54. The van der Waals surface area contributed by atoms with Gasteiger partial charge in [0.05, 0.1) is 13.2 Å².